The van der Waals surface area contributed by atoms with Crippen molar-refractivity contribution in [3.05, 3.63) is 23.4 Å². The molecule has 0 amide bonds. The van der Waals surface area contributed by atoms with Gasteiger partial charge in [-0.1, -0.05) is 13.8 Å². The Morgan fingerprint density at radius 1 is 1.50 bits per heavy atom. The first-order valence-corrected chi connectivity index (χ1v) is 5.33. The second-order valence-electron chi connectivity index (χ2n) is 4.17. The molecule has 0 unspecified atom stereocenters. The van der Waals surface area contributed by atoms with E-state index in [-0.39, 0.29) is 12.6 Å². The first-order valence-electron chi connectivity index (χ1n) is 5.33. The van der Waals surface area contributed by atoms with Gasteiger partial charge in [0.1, 0.15) is 5.82 Å². The minimum atomic E-state index is -0.0409. The van der Waals surface area contributed by atoms with E-state index in [0.717, 1.165) is 5.69 Å². The predicted molar refractivity (Wildman–Crippen MR) is 63.0 cm³/mol. The summed E-state index contributed by atoms with van der Waals surface area (Å²) in [7, 11) is 0. The van der Waals surface area contributed by atoms with E-state index in [9.17, 15) is 5.11 Å². The van der Waals surface area contributed by atoms with Crippen LogP contribution in [0.2, 0.25) is 0 Å². The summed E-state index contributed by atoms with van der Waals surface area (Å²) in [6.07, 6.45) is 0. The number of aromatic nitrogens is 1. The standard InChI is InChI=1S/C12H17N3O/c1-8(2)11(7-16)15-12-5-10(6-13)4-9(3)14-12/h4-5,8,11,16H,7H2,1-3H3,(H,14,15)/t11-/m1/s1. The van der Waals surface area contributed by atoms with Crippen molar-refractivity contribution < 1.29 is 5.11 Å². The molecular weight excluding hydrogens is 202 g/mol. The van der Waals surface area contributed by atoms with E-state index in [0.29, 0.717) is 17.3 Å². The van der Waals surface area contributed by atoms with E-state index in [1.54, 1.807) is 12.1 Å². The van der Waals surface area contributed by atoms with Crippen LogP contribution < -0.4 is 5.32 Å². The molecule has 0 aliphatic heterocycles. The summed E-state index contributed by atoms with van der Waals surface area (Å²) in [5, 5.41) is 21.2. The van der Waals surface area contributed by atoms with Crippen molar-refractivity contribution in [2.24, 2.45) is 5.92 Å². The van der Waals surface area contributed by atoms with Crippen LogP contribution in [0.25, 0.3) is 0 Å². The number of nitrogens with zero attached hydrogens (tertiary/aromatic N) is 2. The third kappa shape index (κ3) is 3.21. The molecule has 0 spiro atoms. The number of aliphatic hydroxyl groups is 1. The minimum Gasteiger partial charge on any atom is -0.394 e. The molecule has 0 saturated heterocycles. The predicted octanol–water partition coefficient (Wildman–Crippen LogP) is 1.69. The topological polar surface area (TPSA) is 68.9 Å². The molecule has 0 saturated carbocycles. The lowest BCUT2D eigenvalue weighted by Crippen LogP contribution is -2.29. The summed E-state index contributed by atoms with van der Waals surface area (Å²) in [6, 6.07) is 5.47. The number of aliphatic hydroxyl groups excluding tert-OH is 1. The first-order chi connectivity index (χ1) is 7.56. The summed E-state index contributed by atoms with van der Waals surface area (Å²) in [6.45, 7) is 5.94. The van der Waals surface area contributed by atoms with Gasteiger partial charge in [0.15, 0.2) is 0 Å². The van der Waals surface area contributed by atoms with E-state index in [2.05, 4.69) is 16.4 Å². The van der Waals surface area contributed by atoms with E-state index in [4.69, 9.17) is 5.26 Å². The van der Waals surface area contributed by atoms with Crippen LogP contribution in [0.1, 0.15) is 25.1 Å². The minimum absolute atomic E-state index is 0.0409. The van der Waals surface area contributed by atoms with Crippen LogP contribution in [-0.4, -0.2) is 22.7 Å². The number of nitriles is 1. The van der Waals surface area contributed by atoms with Gasteiger partial charge < -0.3 is 10.4 Å². The third-order valence-electron chi connectivity index (χ3n) is 2.42. The van der Waals surface area contributed by atoms with Crippen molar-refractivity contribution in [2.75, 3.05) is 11.9 Å². The highest BCUT2D eigenvalue weighted by atomic mass is 16.3. The Bertz CT molecular complexity index is 396. The van der Waals surface area contributed by atoms with Crippen LogP contribution in [0.4, 0.5) is 5.82 Å². The maximum Gasteiger partial charge on any atom is 0.127 e. The largest absolute Gasteiger partial charge is 0.394 e. The van der Waals surface area contributed by atoms with Crippen LogP contribution in [-0.2, 0) is 0 Å². The molecule has 86 valence electrons. The summed E-state index contributed by atoms with van der Waals surface area (Å²) in [4.78, 5) is 4.28. The van der Waals surface area contributed by atoms with E-state index >= 15 is 0 Å². The molecule has 1 atom stereocenters. The lowest BCUT2D eigenvalue weighted by atomic mass is 10.1. The summed E-state index contributed by atoms with van der Waals surface area (Å²) in [5.41, 5.74) is 1.37. The van der Waals surface area contributed by atoms with Crippen molar-refractivity contribution in [2.45, 2.75) is 26.8 Å². The highest BCUT2D eigenvalue weighted by molar-refractivity contribution is 5.45. The Morgan fingerprint density at radius 2 is 2.19 bits per heavy atom. The average Bonchev–Trinajstić information content (AvgIpc) is 2.24. The third-order valence-corrected chi connectivity index (χ3v) is 2.42. The molecule has 16 heavy (non-hydrogen) atoms. The molecule has 1 aromatic heterocycles. The molecule has 4 heteroatoms. The first kappa shape index (κ1) is 12.5. The maximum atomic E-state index is 9.20. The van der Waals surface area contributed by atoms with Gasteiger partial charge in [-0.3, -0.25) is 0 Å². The van der Waals surface area contributed by atoms with Crippen molar-refractivity contribution in [3.8, 4) is 6.07 Å². The van der Waals surface area contributed by atoms with Crippen molar-refractivity contribution in [1.29, 1.82) is 5.26 Å². The Hall–Kier alpha value is -1.60. The molecular formula is C12H17N3O. The molecule has 2 N–H and O–H groups in total. The molecule has 0 radical (unpaired) electrons. The Kier molecular flexibility index (Phi) is 4.27. The van der Waals surface area contributed by atoms with E-state index in [1.807, 2.05) is 20.8 Å². The molecule has 0 aliphatic rings. The number of anilines is 1. The Labute approximate surface area is 95.9 Å². The number of aryl methyl sites for hydroxylation is 1. The zero-order valence-corrected chi connectivity index (χ0v) is 9.86. The number of hydrogen-bond donors (Lipinski definition) is 2. The molecule has 1 aromatic rings. The van der Waals surface area contributed by atoms with Gasteiger partial charge in [0, 0.05) is 5.69 Å². The maximum absolute atomic E-state index is 9.20. The highest BCUT2D eigenvalue weighted by Crippen LogP contribution is 2.13. The zero-order valence-electron chi connectivity index (χ0n) is 9.86. The van der Waals surface area contributed by atoms with Gasteiger partial charge in [0.05, 0.1) is 24.3 Å². The normalized spacial score (nSPS) is 12.2. The van der Waals surface area contributed by atoms with Crippen molar-refractivity contribution in [1.82, 2.24) is 4.98 Å². The number of hydrogen-bond acceptors (Lipinski definition) is 4. The molecule has 4 nitrogen and oxygen atoms in total. The lowest BCUT2D eigenvalue weighted by Gasteiger charge is -2.20. The monoisotopic (exact) mass is 219 g/mol. The van der Waals surface area contributed by atoms with Gasteiger partial charge in [-0.05, 0) is 25.0 Å². The second kappa shape index (κ2) is 5.47. The molecule has 1 rings (SSSR count). The number of nitrogens with one attached hydrogen (secondary N) is 1. The van der Waals surface area contributed by atoms with Crippen LogP contribution in [0.3, 0.4) is 0 Å². The number of rotatable bonds is 4. The van der Waals surface area contributed by atoms with Crippen LogP contribution >= 0.6 is 0 Å². The van der Waals surface area contributed by atoms with Gasteiger partial charge in [-0.25, -0.2) is 4.98 Å². The SMILES string of the molecule is Cc1cc(C#N)cc(N[C@H](CO)C(C)C)n1. The van der Waals surface area contributed by atoms with Gasteiger partial charge >= 0.3 is 0 Å². The molecule has 0 aliphatic carbocycles. The lowest BCUT2D eigenvalue weighted by molar-refractivity contribution is 0.249. The number of pyridine rings is 1. The van der Waals surface area contributed by atoms with E-state index in [1.165, 1.54) is 0 Å². The van der Waals surface area contributed by atoms with Crippen molar-refractivity contribution >= 4 is 5.82 Å². The summed E-state index contributed by atoms with van der Waals surface area (Å²) in [5.74, 6) is 0.946. The molecule has 0 aromatic carbocycles. The van der Waals surface area contributed by atoms with Crippen LogP contribution in [0, 0.1) is 24.2 Å². The quantitative estimate of drug-likeness (QED) is 0.808. The van der Waals surface area contributed by atoms with Crippen molar-refractivity contribution in [3.63, 3.8) is 0 Å². The Morgan fingerprint density at radius 3 is 2.69 bits per heavy atom. The molecule has 0 bridgehead atoms. The van der Waals surface area contributed by atoms with Gasteiger partial charge in [-0.2, -0.15) is 5.26 Å². The summed E-state index contributed by atoms with van der Waals surface area (Å²) < 4.78 is 0. The van der Waals surface area contributed by atoms with Gasteiger partial charge in [0.25, 0.3) is 0 Å². The zero-order chi connectivity index (χ0) is 12.1. The summed E-state index contributed by atoms with van der Waals surface area (Å²) >= 11 is 0. The smallest absolute Gasteiger partial charge is 0.127 e. The van der Waals surface area contributed by atoms with E-state index < -0.39 is 0 Å². The molecule has 0 fully saturated rings. The highest BCUT2D eigenvalue weighted by Gasteiger charge is 2.12. The average molecular weight is 219 g/mol. The fourth-order valence-corrected chi connectivity index (χ4v) is 1.42. The fraction of sp³-hybridized carbons (Fsp3) is 0.500. The van der Waals surface area contributed by atoms with Gasteiger partial charge in [-0.15, -0.1) is 0 Å². The second-order valence-corrected chi connectivity index (χ2v) is 4.17. The fourth-order valence-electron chi connectivity index (χ4n) is 1.42. The molecule has 1 heterocycles. The van der Waals surface area contributed by atoms with Crippen LogP contribution in [0.5, 0.6) is 0 Å². The van der Waals surface area contributed by atoms with Gasteiger partial charge in [0.2, 0.25) is 0 Å². The Balaban J connectivity index is 2.88. The van der Waals surface area contributed by atoms with Crippen LogP contribution in [0.15, 0.2) is 12.1 Å².